The minimum atomic E-state index is -0.428. The number of benzene rings is 4. The van der Waals surface area contributed by atoms with E-state index >= 15 is 0 Å². The number of nitrogens with one attached hydrogen (secondary N) is 2. The first kappa shape index (κ1) is 19.2. The summed E-state index contributed by atoms with van der Waals surface area (Å²) in [5, 5.41) is 17.7. The van der Waals surface area contributed by atoms with Crippen LogP contribution in [0.2, 0.25) is 0 Å². The summed E-state index contributed by atoms with van der Waals surface area (Å²) in [6, 6.07) is 24.9. The van der Waals surface area contributed by atoms with Gasteiger partial charge >= 0.3 is 0 Å². The number of aryl methyl sites for hydroxylation is 1. The quantitative estimate of drug-likeness (QED) is 0.435. The van der Waals surface area contributed by atoms with E-state index in [9.17, 15) is 14.7 Å². The number of hydrogen-bond donors (Lipinski definition) is 3. The predicted octanol–water partition coefficient (Wildman–Crippen LogP) is 5.36. The molecule has 4 rings (SSSR count). The summed E-state index contributed by atoms with van der Waals surface area (Å²) in [4.78, 5) is 25.2. The fraction of sp³-hybridized carbons (Fsp3) is 0.0400. The summed E-state index contributed by atoms with van der Waals surface area (Å²) in [6.45, 7) is 1.88. The number of carbonyl (C=O) groups is 2. The molecular formula is C25H20N2O3. The Morgan fingerprint density at radius 2 is 1.40 bits per heavy atom. The zero-order valence-corrected chi connectivity index (χ0v) is 16.3. The first-order valence-electron chi connectivity index (χ1n) is 9.51. The van der Waals surface area contributed by atoms with E-state index in [1.165, 1.54) is 0 Å². The van der Waals surface area contributed by atoms with Crippen LogP contribution in [0.3, 0.4) is 0 Å². The number of carbonyl (C=O) groups excluding carboxylic acids is 2. The molecule has 0 aromatic heterocycles. The second-order valence-electron chi connectivity index (χ2n) is 7.02. The minimum absolute atomic E-state index is 0.0871. The van der Waals surface area contributed by atoms with Crippen LogP contribution < -0.4 is 10.6 Å². The van der Waals surface area contributed by atoms with Crippen LogP contribution in [0.5, 0.6) is 5.75 Å². The van der Waals surface area contributed by atoms with Crippen molar-refractivity contribution in [2.24, 2.45) is 0 Å². The molecule has 30 heavy (non-hydrogen) atoms. The molecule has 0 atom stereocenters. The topological polar surface area (TPSA) is 78.4 Å². The summed E-state index contributed by atoms with van der Waals surface area (Å²) >= 11 is 0. The molecule has 0 saturated carbocycles. The van der Waals surface area contributed by atoms with Crippen LogP contribution in [0.15, 0.2) is 84.9 Å². The number of phenolic OH excluding ortho intramolecular Hbond substituents is 1. The molecule has 4 aromatic carbocycles. The Balaban J connectivity index is 1.56. The maximum Gasteiger partial charge on any atom is 0.259 e. The van der Waals surface area contributed by atoms with Crippen molar-refractivity contribution in [2.75, 3.05) is 10.6 Å². The Morgan fingerprint density at radius 1 is 0.733 bits per heavy atom. The maximum atomic E-state index is 12.8. The monoisotopic (exact) mass is 396 g/mol. The molecule has 148 valence electrons. The molecule has 3 N–H and O–H groups in total. The minimum Gasteiger partial charge on any atom is -0.507 e. The highest BCUT2D eigenvalue weighted by Crippen LogP contribution is 2.27. The number of amides is 2. The number of rotatable bonds is 4. The third kappa shape index (κ3) is 4.00. The van der Waals surface area contributed by atoms with Crippen molar-refractivity contribution >= 4 is 34.0 Å². The van der Waals surface area contributed by atoms with E-state index in [1.807, 2.05) is 43.3 Å². The van der Waals surface area contributed by atoms with Gasteiger partial charge in [-0.05, 0) is 59.7 Å². The van der Waals surface area contributed by atoms with Gasteiger partial charge in [0.25, 0.3) is 11.8 Å². The van der Waals surface area contributed by atoms with Crippen LogP contribution in [0.1, 0.15) is 26.3 Å². The van der Waals surface area contributed by atoms with Crippen LogP contribution in [0.4, 0.5) is 11.4 Å². The highest BCUT2D eigenvalue weighted by atomic mass is 16.3. The van der Waals surface area contributed by atoms with Crippen molar-refractivity contribution in [1.82, 2.24) is 0 Å². The van der Waals surface area contributed by atoms with E-state index < -0.39 is 5.91 Å². The Labute approximate surface area is 174 Å². The molecule has 0 aliphatic heterocycles. The standard InChI is InChI=1S/C25H20N2O3/c1-16-11-12-20(15-22(16)27-24(29)17-7-3-2-4-8-17)26-25(30)21-13-18-9-5-6-10-19(18)14-23(21)28/h2-15,28H,1H3,(H,26,30)(H,27,29). The van der Waals surface area contributed by atoms with Gasteiger partial charge in [-0.3, -0.25) is 9.59 Å². The Morgan fingerprint density at radius 3 is 2.13 bits per heavy atom. The summed E-state index contributed by atoms with van der Waals surface area (Å²) < 4.78 is 0. The summed E-state index contributed by atoms with van der Waals surface area (Å²) in [5.74, 6) is -0.743. The Hall–Kier alpha value is -4.12. The van der Waals surface area contributed by atoms with Crippen LogP contribution >= 0.6 is 0 Å². The van der Waals surface area contributed by atoms with Crippen LogP contribution in [0.25, 0.3) is 10.8 Å². The van der Waals surface area contributed by atoms with Crippen LogP contribution in [0, 0.1) is 6.92 Å². The van der Waals surface area contributed by atoms with Gasteiger partial charge < -0.3 is 15.7 Å². The highest BCUT2D eigenvalue weighted by molar-refractivity contribution is 6.09. The van der Waals surface area contributed by atoms with Crippen molar-refractivity contribution in [3.8, 4) is 5.75 Å². The molecule has 5 heteroatoms. The lowest BCUT2D eigenvalue weighted by molar-refractivity contribution is 0.101. The summed E-state index contributed by atoms with van der Waals surface area (Å²) in [5.41, 5.74) is 2.72. The number of fused-ring (bicyclic) bond motifs is 1. The first-order valence-corrected chi connectivity index (χ1v) is 9.51. The van der Waals surface area contributed by atoms with E-state index in [0.717, 1.165) is 16.3 Å². The molecule has 0 heterocycles. The number of phenols is 1. The van der Waals surface area contributed by atoms with Gasteiger partial charge in [-0.2, -0.15) is 0 Å². The fourth-order valence-electron chi connectivity index (χ4n) is 3.23. The third-order valence-electron chi connectivity index (χ3n) is 4.89. The van der Waals surface area contributed by atoms with Gasteiger partial charge in [-0.1, -0.05) is 48.5 Å². The van der Waals surface area contributed by atoms with Gasteiger partial charge in [0, 0.05) is 16.9 Å². The molecule has 0 aliphatic rings. The Bertz CT molecular complexity index is 1250. The van der Waals surface area contributed by atoms with Crippen molar-refractivity contribution in [2.45, 2.75) is 6.92 Å². The molecule has 0 bridgehead atoms. The van der Waals surface area contributed by atoms with Crippen molar-refractivity contribution < 1.29 is 14.7 Å². The van der Waals surface area contributed by atoms with E-state index in [4.69, 9.17) is 0 Å². The molecule has 0 saturated heterocycles. The molecular weight excluding hydrogens is 376 g/mol. The van der Waals surface area contributed by atoms with Gasteiger partial charge in [0.05, 0.1) is 5.56 Å². The summed E-state index contributed by atoms with van der Waals surface area (Å²) in [7, 11) is 0. The third-order valence-corrected chi connectivity index (χ3v) is 4.89. The predicted molar refractivity (Wildman–Crippen MR) is 119 cm³/mol. The molecule has 0 aliphatic carbocycles. The van der Waals surface area contributed by atoms with Crippen molar-refractivity contribution in [3.63, 3.8) is 0 Å². The van der Waals surface area contributed by atoms with Crippen molar-refractivity contribution in [1.29, 1.82) is 0 Å². The molecule has 0 fully saturated rings. The maximum absolute atomic E-state index is 12.8. The molecule has 4 aromatic rings. The average Bonchev–Trinajstić information content (AvgIpc) is 2.76. The average molecular weight is 396 g/mol. The lowest BCUT2D eigenvalue weighted by atomic mass is 10.1. The smallest absolute Gasteiger partial charge is 0.259 e. The normalized spacial score (nSPS) is 10.6. The van der Waals surface area contributed by atoms with Gasteiger partial charge in [-0.25, -0.2) is 0 Å². The van der Waals surface area contributed by atoms with Crippen LogP contribution in [-0.2, 0) is 0 Å². The first-order chi connectivity index (χ1) is 14.5. The van der Waals surface area contributed by atoms with E-state index in [-0.39, 0.29) is 17.2 Å². The molecule has 0 unspecified atom stereocenters. The molecule has 5 nitrogen and oxygen atoms in total. The zero-order valence-electron chi connectivity index (χ0n) is 16.3. The summed E-state index contributed by atoms with van der Waals surface area (Å²) in [6.07, 6.45) is 0. The van der Waals surface area contributed by atoms with E-state index in [1.54, 1.807) is 48.5 Å². The van der Waals surface area contributed by atoms with Crippen molar-refractivity contribution in [3.05, 3.63) is 102 Å². The van der Waals surface area contributed by atoms with Gasteiger partial charge in [0.15, 0.2) is 0 Å². The fourth-order valence-corrected chi connectivity index (χ4v) is 3.23. The molecule has 0 radical (unpaired) electrons. The lowest BCUT2D eigenvalue weighted by Gasteiger charge is -2.12. The van der Waals surface area contributed by atoms with Gasteiger partial charge in [0.2, 0.25) is 0 Å². The van der Waals surface area contributed by atoms with Crippen LogP contribution in [-0.4, -0.2) is 16.9 Å². The van der Waals surface area contributed by atoms with E-state index in [0.29, 0.717) is 16.9 Å². The number of hydrogen-bond acceptors (Lipinski definition) is 3. The second kappa shape index (κ2) is 8.09. The number of aromatic hydroxyl groups is 1. The molecule has 2 amide bonds. The highest BCUT2D eigenvalue weighted by Gasteiger charge is 2.14. The SMILES string of the molecule is Cc1ccc(NC(=O)c2cc3ccccc3cc2O)cc1NC(=O)c1ccccc1. The number of anilines is 2. The zero-order chi connectivity index (χ0) is 21.1. The van der Waals surface area contributed by atoms with E-state index in [2.05, 4.69) is 10.6 Å². The second-order valence-corrected chi connectivity index (χ2v) is 7.02. The van der Waals surface area contributed by atoms with Gasteiger partial charge in [0.1, 0.15) is 5.75 Å². The molecule has 0 spiro atoms. The largest absolute Gasteiger partial charge is 0.507 e. The lowest BCUT2D eigenvalue weighted by Crippen LogP contribution is -2.15. The Kier molecular flexibility index (Phi) is 5.18. The van der Waals surface area contributed by atoms with Gasteiger partial charge in [-0.15, -0.1) is 0 Å².